The molecule has 0 unspecified atom stereocenters. The fraction of sp³-hybridized carbons (Fsp3) is 0.667. The van der Waals surface area contributed by atoms with Crippen molar-refractivity contribution in [2.24, 2.45) is 0 Å². The molecule has 15 heteroatoms. The molecule has 2 aliphatic heterocycles. The number of fused-ring (bicyclic) bond motifs is 3. The van der Waals surface area contributed by atoms with Crippen LogP contribution >= 0.6 is 0 Å². The van der Waals surface area contributed by atoms with E-state index < -0.39 is 33.2 Å². The second-order valence-electron chi connectivity index (χ2n) is 19.6. The van der Waals surface area contributed by atoms with E-state index in [4.69, 9.17) is 29.0 Å². The van der Waals surface area contributed by atoms with Gasteiger partial charge in [0, 0.05) is 64.7 Å². The summed E-state index contributed by atoms with van der Waals surface area (Å²) < 4.78 is 42.4. The van der Waals surface area contributed by atoms with Crippen LogP contribution in [0.25, 0.3) is 22.5 Å². The molecule has 3 atom stereocenters. The molecule has 57 heavy (non-hydrogen) atoms. The Hall–Kier alpha value is -3.38. The number of aliphatic hydroxyl groups is 1. The van der Waals surface area contributed by atoms with Gasteiger partial charge in [0.2, 0.25) is 0 Å². The third-order valence-electron chi connectivity index (χ3n) is 10.5. The summed E-state index contributed by atoms with van der Waals surface area (Å²) in [7, 11) is -2.77. The second kappa shape index (κ2) is 17.5. The van der Waals surface area contributed by atoms with Crippen molar-refractivity contribution in [3.63, 3.8) is 0 Å². The molecule has 5 rings (SSSR count). The lowest BCUT2D eigenvalue weighted by atomic mass is 9.85. The predicted molar refractivity (Wildman–Crippen MR) is 229 cm³/mol. The maximum atomic E-state index is 15.6. The standard InChI is InChI=1S/C42H67FN6O6Si2/c1-14-54-28(2)35-36(29-21-31-15-16-32(22-29)48(31)40(50)55-41(3,4)5)46-38-33(30-23-34(43)37(44-24-30)42(6,7)51)25-45-49(38)39(35)47(26-52-17-19-56(8,9)10)27-53-18-20-57(11,12)13/h23-25,29,31-32,51H,2,14-22,26-27H2,1,3-13H3/t29-,31-,32+. The fourth-order valence-corrected chi connectivity index (χ4v) is 9.13. The van der Waals surface area contributed by atoms with Crippen molar-refractivity contribution in [2.75, 3.05) is 38.2 Å². The van der Waals surface area contributed by atoms with Crippen LogP contribution in [-0.4, -0.2) is 103 Å². The topological polar surface area (TPSA) is 124 Å². The molecule has 2 bridgehead atoms. The maximum absolute atomic E-state index is 15.6. The van der Waals surface area contributed by atoms with Gasteiger partial charge in [0.05, 0.1) is 24.1 Å². The minimum Gasteiger partial charge on any atom is -0.494 e. The molecule has 0 radical (unpaired) electrons. The molecule has 2 fully saturated rings. The molecule has 3 aromatic rings. The first-order valence-corrected chi connectivity index (χ1v) is 27.9. The first-order chi connectivity index (χ1) is 26.5. The Morgan fingerprint density at radius 2 is 1.56 bits per heavy atom. The summed E-state index contributed by atoms with van der Waals surface area (Å²) in [6.45, 7) is 31.1. The van der Waals surface area contributed by atoms with E-state index in [1.165, 1.54) is 19.9 Å². The number of nitrogens with zero attached hydrogens (tertiary/aromatic N) is 6. The Kier molecular flexibility index (Phi) is 13.7. The molecule has 0 spiro atoms. The summed E-state index contributed by atoms with van der Waals surface area (Å²) in [6.07, 6.45) is 6.03. The van der Waals surface area contributed by atoms with Crippen LogP contribution in [0.5, 0.6) is 0 Å². The number of aromatic nitrogens is 4. The Balaban J connectivity index is 1.69. The molecule has 12 nitrogen and oxygen atoms in total. The van der Waals surface area contributed by atoms with Gasteiger partial charge in [0.25, 0.3) is 0 Å². The van der Waals surface area contributed by atoms with Crippen LogP contribution in [0.4, 0.5) is 15.0 Å². The number of rotatable bonds is 17. The Morgan fingerprint density at radius 3 is 2.05 bits per heavy atom. The zero-order valence-corrected chi connectivity index (χ0v) is 38.5. The fourth-order valence-electron chi connectivity index (χ4n) is 7.61. The van der Waals surface area contributed by atoms with Crippen molar-refractivity contribution < 1.29 is 33.2 Å². The third kappa shape index (κ3) is 11.2. The molecule has 1 N–H and O–H groups in total. The van der Waals surface area contributed by atoms with E-state index in [-0.39, 0.29) is 43.3 Å². The molecule has 0 aliphatic carbocycles. The summed E-state index contributed by atoms with van der Waals surface area (Å²) >= 11 is 0. The number of piperidine rings is 1. The van der Waals surface area contributed by atoms with E-state index in [1.54, 1.807) is 16.9 Å². The van der Waals surface area contributed by atoms with Gasteiger partial charge < -0.3 is 33.9 Å². The van der Waals surface area contributed by atoms with E-state index >= 15 is 4.39 Å². The van der Waals surface area contributed by atoms with Gasteiger partial charge in [-0.25, -0.2) is 14.2 Å². The Bertz CT molecular complexity index is 1860. The molecule has 3 aromatic heterocycles. The monoisotopic (exact) mass is 826 g/mol. The van der Waals surface area contributed by atoms with Crippen LogP contribution in [0.3, 0.4) is 0 Å². The first-order valence-electron chi connectivity index (χ1n) is 20.5. The van der Waals surface area contributed by atoms with Crippen molar-refractivity contribution in [3.8, 4) is 11.1 Å². The van der Waals surface area contributed by atoms with Crippen molar-refractivity contribution in [3.05, 3.63) is 47.8 Å². The van der Waals surface area contributed by atoms with Gasteiger partial charge in [-0.15, -0.1) is 0 Å². The second-order valence-corrected chi connectivity index (χ2v) is 30.9. The number of carbonyl (C=O) groups excluding carboxylic acids is 1. The molecule has 2 aliphatic rings. The smallest absolute Gasteiger partial charge is 0.410 e. The quantitative estimate of drug-likeness (QED) is 0.0610. The number of amides is 1. The number of halogens is 1. The molecule has 0 aromatic carbocycles. The zero-order valence-electron chi connectivity index (χ0n) is 36.5. The van der Waals surface area contributed by atoms with E-state index in [0.717, 1.165) is 30.6 Å². The van der Waals surface area contributed by atoms with Crippen LogP contribution in [0.1, 0.15) is 90.1 Å². The van der Waals surface area contributed by atoms with Gasteiger partial charge in [0.1, 0.15) is 47.8 Å². The number of hydrogen-bond donors (Lipinski definition) is 1. The minimum absolute atomic E-state index is 0.0266. The third-order valence-corrected chi connectivity index (χ3v) is 13.9. The van der Waals surface area contributed by atoms with Crippen molar-refractivity contribution in [1.82, 2.24) is 24.5 Å². The maximum Gasteiger partial charge on any atom is 0.410 e. The van der Waals surface area contributed by atoms with E-state index in [9.17, 15) is 9.90 Å². The van der Waals surface area contributed by atoms with Crippen molar-refractivity contribution in [2.45, 2.75) is 148 Å². The highest BCUT2D eigenvalue weighted by molar-refractivity contribution is 6.76. The SMILES string of the molecule is C=C(OCC)c1c([C@@H]2C[C@H]3CC[C@@H](C2)N3C(=O)OC(C)(C)C)nc2c(-c3cnc(C(C)(C)O)c(F)c3)cnn2c1N(COCC[Si](C)(C)C)COCC[Si](C)(C)C. The largest absolute Gasteiger partial charge is 0.494 e. The first kappa shape index (κ1) is 44.7. The lowest BCUT2D eigenvalue weighted by Crippen LogP contribution is -2.48. The zero-order chi connectivity index (χ0) is 42.1. The average Bonchev–Trinajstić information content (AvgIpc) is 3.62. The summed E-state index contributed by atoms with van der Waals surface area (Å²) in [5, 5.41) is 15.5. The molecule has 1 amide bonds. The Labute approximate surface area is 341 Å². The van der Waals surface area contributed by atoms with Gasteiger partial charge in [-0.3, -0.25) is 4.98 Å². The lowest BCUT2D eigenvalue weighted by Gasteiger charge is -2.40. The average molecular weight is 827 g/mol. The summed E-state index contributed by atoms with van der Waals surface area (Å²) in [4.78, 5) is 27.2. The molecular weight excluding hydrogens is 760 g/mol. The number of hydrogen-bond acceptors (Lipinski definition) is 10. The molecule has 5 heterocycles. The van der Waals surface area contributed by atoms with E-state index in [2.05, 4.69) is 50.8 Å². The summed E-state index contributed by atoms with van der Waals surface area (Å²) in [6, 6.07) is 3.32. The van der Waals surface area contributed by atoms with Crippen LogP contribution < -0.4 is 4.90 Å². The van der Waals surface area contributed by atoms with Crippen molar-refractivity contribution in [1.29, 1.82) is 0 Å². The highest BCUT2D eigenvalue weighted by Gasteiger charge is 2.47. The van der Waals surface area contributed by atoms with Gasteiger partial charge >= 0.3 is 6.09 Å². The van der Waals surface area contributed by atoms with Crippen molar-refractivity contribution >= 4 is 39.5 Å². The van der Waals surface area contributed by atoms with Gasteiger partial charge in [-0.2, -0.15) is 9.61 Å². The summed E-state index contributed by atoms with van der Waals surface area (Å²) in [5.41, 5.74) is 0.919. The number of ether oxygens (including phenoxy) is 4. The van der Waals surface area contributed by atoms with Crippen LogP contribution in [0.15, 0.2) is 25.0 Å². The number of anilines is 1. The van der Waals surface area contributed by atoms with Crippen LogP contribution in [0.2, 0.25) is 51.4 Å². The highest BCUT2D eigenvalue weighted by atomic mass is 28.3. The molecule has 316 valence electrons. The van der Waals surface area contributed by atoms with Crippen LogP contribution in [-0.2, 0) is 24.5 Å². The molecule has 0 saturated carbocycles. The van der Waals surface area contributed by atoms with Gasteiger partial charge in [0.15, 0.2) is 5.65 Å². The Morgan fingerprint density at radius 1 is 0.982 bits per heavy atom. The minimum atomic E-state index is -1.46. The van der Waals surface area contributed by atoms with Gasteiger partial charge in [-0.1, -0.05) is 45.9 Å². The number of carbonyl (C=O) groups is 1. The summed E-state index contributed by atoms with van der Waals surface area (Å²) in [5.74, 6) is 0.409. The van der Waals surface area contributed by atoms with E-state index in [0.29, 0.717) is 66.6 Å². The number of pyridine rings is 1. The van der Waals surface area contributed by atoms with Crippen LogP contribution in [0, 0.1) is 5.82 Å². The van der Waals surface area contributed by atoms with E-state index in [1.807, 2.05) is 37.5 Å². The lowest BCUT2D eigenvalue weighted by molar-refractivity contribution is 0.00565. The molecule has 2 saturated heterocycles. The molecular formula is C42H67FN6O6Si2. The normalized spacial score (nSPS) is 19.0. The van der Waals surface area contributed by atoms with Gasteiger partial charge in [-0.05, 0) is 85.4 Å². The highest BCUT2D eigenvalue weighted by Crippen LogP contribution is 2.47. The predicted octanol–water partition coefficient (Wildman–Crippen LogP) is 9.24.